The fourth-order valence-corrected chi connectivity index (χ4v) is 3.70. The number of likely N-dealkylation sites (tertiary alicyclic amines) is 1. The highest BCUT2D eigenvalue weighted by Crippen LogP contribution is 2.26. The molecule has 0 N–H and O–H groups in total. The van der Waals surface area contributed by atoms with Crippen LogP contribution in [0.15, 0.2) is 18.2 Å². The number of thioether (sulfide) groups is 1. The van der Waals surface area contributed by atoms with Gasteiger partial charge in [-0.1, -0.05) is 0 Å². The Labute approximate surface area is 124 Å². The van der Waals surface area contributed by atoms with Crippen LogP contribution in [-0.2, 0) is 6.54 Å². The predicted molar refractivity (Wildman–Crippen MR) is 81.2 cm³/mol. The molecule has 2 rings (SSSR count). The number of likely N-dealkylation sites (N-methyl/N-ethyl adjacent to an activating group) is 1. The molecule has 0 radical (unpaired) electrons. The van der Waals surface area contributed by atoms with Gasteiger partial charge in [0.25, 0.3) is 0 Å². The van der Waals surface area contributed by atoms with E-state index in [1.54, 1.807) is 6.07 Å². The summed E-state index contributed by atoms with van der Waals surface area (Å²) in [5, 5.41) is 9.46. The molecule has 3 nitrogen and oxygen atoms in total. The Kier molecular flexibility index (Phi) is 5.03. The number of nitriles is 1. The van der Waals surface area contributed by atoms with Crippen LogP contribution in [0.2, 0.25) is 0 Å². The quantitative estimate of drug-likeness (QED) is 0.851. The molecule has 5 heteroatoms. The molecule has 1 aromatic rings. The van der Waals surface area contributed by atoms with Crippen molar-refractivity contribution in [3.63, 3.8) is 0 Å². The molecule has 0 saturated carbocycles. The third-order valence-corrected chi connectivity index (χ3v) is 4.92. The number of halogens is 1. The Hall–Kier alpha value is -1.09. The van der Waals surface area contributed by atoms with E-state index in [1.807, 2.05) is 11.8 Å². The minimum Gasteiger partial charge on any atom is -0.304 e. The van der Waals surface area contributed by atoms with Crippen LogP contribution in [0.25, 0.3) is 0 Å². The standard InChI is InChI=1S/C15H20FN3S/c1-18(2)14-9-19(10-15(14)20-3)8-12-6-11(7-17)4-5-13(12)16/h4-6,14-15H,8-10H2,1-3H3/t14-,15-/m1/s1. The van der Waals surface area contributed by atoms with E-state index >= 15 is 0 Å². The summed E-state index contributed by atoms with van der Waals surface area (Å²) in [5.74, 6) is -0.224. The van der Waals surface area contributed by atoms with Crippen molar-refractivity contribution in [3.05, 3.63) is 35.1 Å². The molecule has 1 saturated heterocycles. The Morgan fingerprint density at radius 2 is 2.20 bits per heavy atom. The molecule has 1 aromatic carbocycles. The van der Waals surface area contributed by atoms with Crippen molar-refractivity contribution < 1.29 is 4.39 Å². The highest BCUT2D eigenvalue weighted by Gasteiger charge is 2.33. The van der Waals surface area contributed by atoms with E-state index in [2.05, 4.69) is 36.2 Å². The maximum absolute atomic E-state index is 13.8. The van der Waals surface area contributed by atoms with E-state index in [1.165, 1.54) is 12.1 Å². The highest BCUT2D eigenvalue weighted by molar-refractivity contribution is 7.99. The van der Waals surface area contributed by atoms with E-state index in [0.717, 1.165) is 13.1 Å². The van der Waals surface area contributed by atoms with Crippen LogP contribution in [-0.4, -0.2) is 54.5 Å². The third kappa shape index (κ3) is 3.32. The van der Waals surface area contributed by atoms with Gasteiger partial charge in [-0.25, -0.2) is 4.39 Å². The average Bonchev–Trinajstić information content (AvgIpc) is 2.84. The van der Waals surface area contributed by atoms with Crippen LogP contribution < -0.4 is 0 Å². The molecule has 0 bridgehead atoms. The normalized spacial score (nSPS) is 23.2. The Morgan fingerprint density at radius 3 is 2.75 bits per heavy atom. The van der Waals surface area contributed by atoms with Gasteiger partial charge in [0.1, 0.15) is 5.82 Å². The zero-order chi connectivity index (χ0) is 14.7. The Balaban J connectivity index is 2.10. The average molecular weight is 293 g/mol. The van der Waals surface area contributed by atoms with Crippen molar-refractivity contribution in [1.29, 1.82) is 5.26 Å². The summed E-state index contributed by atoms with van der Waals surface area (Å²) in [6.45, 7) is 2.47. The first-order valence-electron chi connectivity index (χ1n) is 6.65. The monoisotopic (exact) mass is 293 g/mol. The van der Waals surface area contributed by atoms with Crippen LogP contribution in [0.1, 0.15) is 11.1 Å². The van der Waals surface area contributed by atoms with Gasteiger partial charge in [0.15, 0.2) is 0 Å². The van der Waals surface area contributed by atoms with Crippen LogP contribution in [0, 0.1) is 17.1 Å². The molecule has 0 spiro atoms. The van der Waals surface area contributed by atoms with E-state index in [-0.39, 0.29) is 5.82 Å². The molecule has 108 valence electrons. The third-order valence-electron chi connectivity index (χ3n) is 3.85. The van der Waals surface area contributed by atoms with Gasteiger partial charge in [-0.05, 0) is 38.6 Å². The molecule has 0 aliphatic carbocycles. The minimum atomic E-state index is -0.224. The number of hydrogen-bond acceptors (Lipinski definition) is 4. The number of rotatable bonds is 4. The molecular weight excluding hydrogens is 273 g/mol. The Bertz CT molecular complexity index is 512. The van der Waals surface area contributed by atoms with Crippen LogP contribution in [0.5, 0.6) is 0 Å². The molecule has 0 aromatic heterocycles. The Morgan fingerprint density at radius 1 is 1.45 bits per heavy atom. The van der Waals surface area contributed by atoms with Crippen LogP contribution >= 0.6 is 11.8 Å². The first-order valence-corrected chi connectivity index (χ1v) is 7.94. The lowest BCUT2D eigenvalue weighted by Crippen LogP contribution is -2.36. The fourth-order valence-electron chi connectivity index (χ4n) is 2.70. The fraction of sp³-hybridized carbons (Fsp3) is 0.533. The SMILES string of the molecule is CS[C@@H]1CN(Cc2cc(C#N)ccc2F)C[C@H]1N(C)C. The lowest BCUT2D eigenvalue weighted by molar-refractivity contribution is 0.263. The zero-order valence-electron chi connectivity index (χ0n) is 12.1. The molecule has 1 aliphatic heterocycles. The summed E-state index contributed by atoms with van der Waals surface area (Å²) in [7, 11) is 4.18. The maximum Gasteiger partial charge on any atom is 0.127 e. The van der Waals surface area contributed by atoms with Crippen LogP contribution in [0.4, 0.5) is 4.39 Å². The minimum absolute atomic E-state index is 0.224. The lowest BCUT2D eigenvalue weighted by atomic mass is 10.1. The first-order chi connectivity index (χ1) is 9.55. The molecule has 1 fully saturated rings. The van der Waals surface area contributed by atoms with Gasteiger partial charge in [-0.3, -0.25) is 4.90 Å². The van der Waals surface area contributed by atoms with Crippen LogP contribution in [0.3, 0.4) is 0 Å². The van der Waals surface area contributed by atoms with Gasteiger partial charge in [-0.2, -0.15) is 17.0 Å². The summed E-state index contributed by atoms with van der Waals surface area (Å²) in [6.07, 6.45) is 2.13. The highest BCUT2D eigenvalue weighted by atomic mass is 32.2. The van der Waals surface area contributed by atoms with E-state index in [0.29, 0.717) is 29.0 Å². The molecule has 0 unspecified atom stereocenters. The van der Waals surface area contributed by atoms with Gasteiger partial charge >= 0.3 is 0 Å². The van der Waals surface area contributed by atoms with E-state index < -0.39 is 0 Å². The lowest BCUT2D eigenvalue weighted by Gasteiger charge is -2.23. The van der Waals surface area contributed by atoms with Gasteiger partial charge in [0.05, 0.1) is 11.6 Å². The smallest absolute Gasteiger partial charge is 0.127 e. The van der Waals surface area contributed by atoms with E-state index in [4.69, 9.17) is 5.26 Å². The molecule has 0 amide bonds. The topological polar surface area (TPSA) is 30.3 Å². The molecule has 1 heterocycles. The van der Waals surface area contributed by atoms with Crippen molar-refractivity contribution >= 4 is 11.8 Å². The molecule has 1 aliphatic rings. The number of benzene rings is 1. The van der Waals surface area contributed by atoms with Crippen molar-refractivity contribution in [2.24, 2.45) is 0 Å². The summed E-state index contributed by atoms with van der Waals surface area (Å²) in [6, 6.07) is 7.13. The summed E-state index contributed by atoms with van der Waals surface area (Å²) < 4.78 is 13.8. The number of hydrogen-bond donors (Lipinski definition) is 0. The predicted octanol–water partition coefficient (Wildman–Crippen LogP) is 2.17. The maximum atomic E-state index is 13.8. The van der Waals surface area contributed by atoms with Crippen molar-refractivity contribution in [2.75, 3.05) is 33.4 Å². The number of nitrogens with zero attached hydrogens (tertiary/aromatic N) is 3. The second kappa shape index (κ2) is 6.57. The van der Waals surface area contributed by atoms with E-state index in [9.17, 15) is 4.39 Å². The van der Waals surface area contributed by atoms with Gasteiger partial charge in [-0.15, -0.1) is 0 Å². The molecule has 2 atom stereocenters. The second-order valence-corrected chi connectivity index (χ2v) is 6.49. The first kappa shape index (κ1) is 15.3. The second-order valence-electron chi connectivity index (χ2n) is 5.42. The molecular formula is C15H20FN3S. The summed E-state index contributed by atoms with van der Waals surface area (Å²) in [4.78, 5) is 4.51. The molecule has 20 heavy (non-hydrogen) atoms. The van der Waals surface area contributed by atoms with Crippen molar-refractivity contribution in [1.82, 2.24) is 9.80 Å². The van der Waals surface area contributed by atoms with Gasteiger partial charge < -0.3 is 4.90 Å². The van der Waals surface area contributed by atoms with Gasteiger partial charge in [0.2, 0.25) is 0 Å². The van der Waals surface area contributed by atoms with Crippen molar-refractivity contribution in [2.45, 2.75) is 17.8 Å². The van der Waals surface area contributed by atoms with Crippen molar-refractivity contribution in [3.8, 4) is 6.07 Å². The summed E-state index contributed by atoms with van der Waals surface area (Å²) in [5.41, 5.74) is 1.13. The van der Waals surface area contributed by atoms with Gasteiger partial charge in [0, 0.05) is 36.5 Å². The zero-order valence-corrected chi connectivity index (χ0v) is 13.0. The summed E-state index contributed by atoms with van der Waals surface area (Å²) >= 11 is 1.87. The largest absolute Gasteiger partial charge is 0.304 e.